The minimum absolute atomic E-state index is 0.0723. The van der Waals surface area contributed by atoms with Gasteiger partial charge in [-0.15, -0.1) is 0 Å². The number of fused-ring (bicyclic) bond motifs is 9. The number of aliphatic imine (C=N–C) groups is 2. The molecule has 9 aromatic rings. The molecule has 12 rings (SSSR count). The fourth-order valence-electron chi connectivity index (χ4n) is 9.88. The van der Waals surface area contributed by atoms with Crippen LogP contribution in [-0.2, 0) is 5.41 Å². The Hall–Kier alpha value is -7.24. The highest BCUT2D eigenvalue weighted by molar-refractivity contribution is 6.13. The van der Waals surface area contributed by atoms with Gasteiger partial charge in [-0.25, -0.2) is 9.98 Å². The van der Waals surface area contributed by atoms with E-state index in [0.29, 0.717) is 0 Å². The third-order valence-electron chi connectivity index (χ3n) is 12.8. The number of nitrogens with zero attached hydrogens (tertiary/aromatic N) is 3. The summed E-state index contributed by atoms with van der Waals surface area (Å²) in [6, 6.07) is 58.8. The lowest BCUT2D eigenvalue weighted by Gasteiger charge is -2.27. The van der Waals surface area contributed by atoms with Crippen LogP contribution in [0.5, 0.6) is 0 Å². The number of aromatic nitrogens is 1. The Labute approximate surface area is 342 Å². The first-order chi connectivity index (χ1) is 29.0. The summed E-state index contributed by atoms with van der Waals surface area (Å²) in [4.78, 5) is 10.6. The van der Waals surface area contributed by atoms with Gasteiger partial charge in [-0.1, -0.05) is 147 Å². The topological polar surface area (TPSA) is 54.8 Å². The van der Waals surface area contributed by atoms with Gasteiger partial charge in [0.05, 0.1) is 17.0 Å². The van der Waals surface area contributed by atoms with Gasteiger partial charge in [0.1, 0.15) is 29.2 Å². The first kappa shape index (κ1) is 33.9. The highest BCUT2D eigenvalue weighted by Crippen LogP contribution is 2.51. The van der Waals surface area contributed by atoms with E-state index in [4.69, 9.17) is 14.4 Å². The summed E-state index contributed by atoms with van der Waals surface area (Å²) in [6.45, 7) is 4.70. The van der Waals surface area contributed by atoms with Gasteiger partial charge in [0.2, 0.25) is 0 Å². The summed E-state index contributed by atoms with van der Waals surface area (Å²) in [5, 5.41) is 7.27. The molecule has 0 spiro atoms. The van der Waals surface area contributed by atoms with E-state index in [0.717, 1.165) is 57.2 Å². The number of furan rings is 1. The predicted octanol–water partition coefficient (Wildman–Crippen LogP) is 13.2. The highest BCUT2D eigenvalue weighted by atomic mass is 16.3. The third-order valence-corrected chi connectivity index (χ3v) is 12.8. The van der Waals surface area contributed by atoms with E-state index >= 15 is 0 Å². The second-order valence-electron chi connectivity index (χ2n) is 16.5. The number of para-hydroxylation sites is 1. The van der Waals surface area contributed by atoms with Gasteiger partial charge in [-0.2, -0.15) is 0 Å². The molecule has 2 atom stereocenters. The quantitative estimate of drug-likeness (QED) is 0.190. The summed E-state index contributed by atoms with van der Waals surface area (Å²) in [5.41, 5.74) is 15.3. The van der Waals surface area contributed by atoms with Crippen molar-refractivity contribution in [3.63, 3.8) is 0 Å². The maximum absolute atomic E-state index is 6.78. The second kappa shape index (κ2) is 12.9. The highest BCUT2D eigenvalue weighted by Gasteiger charge is 2.36. The fraction of sp³-hybridized carbons (Fsp3) is 0.111. The maximum Gasteiger partial charge on any atom is 0.147 e. The average molecular weight is 761 g/mol. The van der Waals surface area contributed by atoms with Crippen LogP contribution in [0.1, 0.15) is 65.9 Å². The Morgan fingerprint density at radius 1 is 0.627 bits per heavy atom. The minimum atomic E-state index is -0.295. The monoisotopic (exact) mass is 760 g/mol. The molecule has 5 heteroatoms. The molecule has 3 heterocycles. The van der Waals surface area contributed by atoms with Crippen LogP contribution in [0.25, 0.3) is 66.8 Å². The molecule has 59 heavy (non-hydrogen) atoms. The van der Waals surface area contributed by atoms with Crippen molar-refractivity contribution in [3.05, 3.63) is 203 Å². The summed E-state index contributed by atoms with van der Waals surface area (Å²) >= 11 is 0. The van der Waals surface area contributed by atoms with Crippen LogP contribution in [-0.4, -0.2) is 16.2 Å². The minimum Gasteiger partial charge on any atom is -0.456 e. The molecule has 1 aliphatic heterocycles. The number of hydrogen-bond donors (Lipinski definition) is 1. The molecular weight excluding hydrogens is 721 g/mol. The van der Waals surface area contributed by atoms with Crippen molar-refractivity contribution in [3.8, 4) is 27.9 Å². The smallest absolute Gasteiger partial charge is 0.147 e. The molecule has 282 valence electrons. The lowest BCUT2D eigenvalue weighted by Crippen LogP contribution is -2.35. The van der Waals surface area contributed by atoms with Crippen LogP contribution >= 0.6 is 0 Å². The van der Waals surface area contributed by atoms with E-state index in [1.807, 2.05) is 6.07 Å². The molecular formula is C54H40N4O. The van der Waals surface area contributed by atoms with Crippen LogP contribution in [0, 0.1) is 0 Å². The Bertz CT molecular complexity index is 3240. The van der Waals surface area contributed by atoms with Crippen molar-refractivity contribution in [2.24, 2.45) is 9.98 Å². The predicted molar refractivity (Wildman–Crippen MR) is 243 cm³/mol. The number of nitrogens with one attached hydrogen (secondary N) is 1. The van der Waals surface area contributed by atoms with Gasteiger partial charge < -0.3 is 14.3 Å². The largest absolute Gasteiger partial charge is 0.456 e. The second-order valence-corrected chi connectivity index (χ2v) is 16.5. The Kier molecular flexibility index (Phi) is 7.40. The first-order valence-electron chi connectivity index (χ1n) is 20.5. The molecule has 0 fully saturated rings. The van der Waals surface area contributed by atoms with E-state index in [-0.39, 0.29) is 17.5 Å². The molecule has 2 unspecified atom stereocenters. The summed E-state index contributed by atoms with van der Waals surface area (Å²) in [7, 11) is 0. The summed E-state index contributed by atoms with van der Waals surface area (Å²) in [5.74, 6) is 2.42. The van der Waals surface area contributed by atoms with Crippen molar-refractivity contribution < 1.29 is 4.42 Å². The van der Waals surface area contributed by atoms with Crippen LogP contribution in [0.3, 0.4) is 0 Å². The Balaban J connectivity index is 0.975. The fourth-order valence-corrected chi connectivity index (χ4v) is 9.88. The lowest BCUT2D eigenvalue weighted by atomic mass is 9.82. The molecule has 2 aromatic heterocycles. The molecule has 3 aliphatic rings. The van der Waals surface area contributed by atoms with Gasteiger partial charge in [0.25, 0.3) is 0 Å². The lowest BCUT2D eigenvalue weighted by molar-refractivity contribution is 0.591. The van der Waals surface area contributed by atoms with Gasteiger partial charge in [-0.3, -0.25) is 0 Å². The zero-order valence-corrected chi connectivity index (χ0v) is 32.9. The summed E-state index contributed by atoms with van der Waals surface area (Å²) < 4.78 is 9.19. The van der Waals surface area contributed by atoms with Crippen LogP contribution < -0.4 is 5.32 Å². The van der Waals surface area contributed by atoms with Crippen molar-refractivity contribution in [2.45, 2.75) is 37.8 Å². The first-order valence-corrected chi connectivity index (χ1v) is 20.5. The normalized spacial score (nSPS) is 17.7. The number of benzene rings is 7. The van der Waals surface area contributed by atoms with E-state index in [2.05, 4.69) is 194 Å². The van der Waals surface area contributed by atoms with Crippen LogP contribution in [0.2, 0.25) is 0 Å². The SMILES string of the molecule is CC1(C)c2ccccc2-c2cc3c(cc21)c1ccccc1n3-c1ccc2c3c(oc2c1)C=CCC3C1=NC(c2ccc(-c3ccccc3)cc2)NC(c2ccccc2)=N1. The molecule has 0 saturated carbocycles. The van der Waals surface area contributed by atoms with Gasteiger partial charge in [0, 0.05) is 44.5 Å². The Morgan fingerprint density at radius 2 is 1.36 bits per heavy atom. The van der Waals surface area contributed by atoms with E-state index in [1.54, 1.807) is 0 Å². The molecule has 0 saturated heterocycles. The average Bonchev–Trinajstić information content (AvgIpc) is 3.91. The number of rotatable bonds is 5. The Morgan fingerprint density at radius 3 is 2.19 bits per heavy atom. The van der Waals surface area contributed by atoms with Gasteiger partial charge >= 0.3 is 0 Å². The van der Waals surface area contributed by atoms with Crippen LogP contribution in [0.4, 0.5) is 0 Å². The van der Waals surface area contributed by atoms with Crippen molar-refractivity contribution in [1.82, 2.24) is 9.88 Å². The molecule has 2 aliphatic carbocycles. The maximum atomic E-state index is 6.78. The third kappa shape index (κ3) is 5.24. The molecule has 0 amide bonds. The number of hydrogen-bond acceptors (Lipinski definition) is 4. The molecule has 7 aromatic carbocycles. The molecule has 0 radical (unpaired) electrons. The molecule has 0 bridgehead atoms. The summed E-state index contributed by atoms with van der Waals surface area (Å²) in [6.07, 6.45) is 4.81. The van der Waals surface area contributed by atoms with Gasteiger partial charge in [-0.05, 0) is 81.8 Å². The molecule has 1 N–H and O–H groups in total. The zero-order valence-electron chi connectivity index (χ0n) is 32.9. The van der Waals surface area contributed by atoms with Crippen molar-refractivity contribution >= 4 is 50.5 Å². The molecule has 5 nitrogen and oxygen atoms in total. The van der Waals surface area contributed by atoms with E-state index < -0.39 is 0 Å². The number of amidine groups is 2. The zero-order chi connectivity index (χ0) is 39.2. The van der Waals surface area contributed by atoms with Crippen LogP contribution in [0.15, 0.2) is 184 Å². The van der Waals surface area contributed by atoms with Gasteiger partial charge in [0.15, 0.2) is 0 Å². The number of allylic oxidation sites excluding steroid dienone is 1. The van der Waals surface area contributed by atoms with E-state index in [9.17, 15) is 0 Å². The van der Waals surface area contributed by atoms with Crippen molar-refractivity contribution in [1.29, 1.82) is 0 Å². The van der Waals surface area contributed by atoms with E-state index in [1.165, 1.54) is 55.2 Å². The van der Waals surface area contributed by atoms with Crippen molar-refractivity contribution in [2.75, 3.05) is 0 Å². The standard InChI is InChI=1S/C54H40N4O/c1-54(2)44-21-11-9-18-38(44)42-32-47-43(31-45(42)54)39-19-10-12-22-46(39)58(47)37-28-29-40-49(30-37)59-48-23-13-20-41(50(40)48)53-56-51(35-16-7-4-8-17-35)55-52(57-53)36-26-24-34(25-27-36)33-14-5-3-6-15-33/h3-19,21-32,41,52H,20H2,1-2H3,(H,55,56,57).